The molecule has 2 fully saturated rings. The monoisotopic (exact) mass is 606 g/mol. The van der Waals surface area contributed by atoms with E-state index in [9.17, 15) is 27.9 Å². The normalized spacial score (nSPS) is 15.3. The molecule has 11 heteroatoms. The Hall–Kier alpha value is -4.22. The number of aryl methyl sites for hydroxylation is 1. The number of rotatable bonds is 7. The molecule has 5 rings (SSSR count). The summed E-state index contributed by atoms with van der Waals surface area (Å²) in [5.74, 6) is -1.06. The van der Waals surface area contributed by atoms with Gasteiger partial charge >= 0.3 is 5.97 Å². The van der Waals surface area contributed by atoms with Gasteiger partial charge < -0.3 is 21.1 Å². The highest BCUT2D eigenvalue weighted by Crippen LogP contribution is 2.33. The van der Waals surface area contributed by atoms with Crippen LogP contribution >= 0.6 is 0 Å². The second-order valence-electron chi connectivity index (χ2n) is 11.1. The second-order valence-corrected chi connectivity index (χ2v) is 13.1. The molecule has 0 unspecified atom stereocenters. The number of hydrogen-bond donors (Lipinski definition) is 3. The number of piperazine rings is 1. The summed E-state index contributed by atoms with van der Waals surface area (Å²) in [6.45, 7) is 8.01. The van der Waals surface area contributed by atoms with Gasteiger partial charge in [-0.05, 0) is 78.4 Å². The molecule has 3 aromatic rings. The first-order chi connectivity index (χ1) is 20.3. The quantitative estimate of drug-likeness (QED) is 0.341. The molecule has 2 amide bonds. The number of benzene rings is 3. The molecule has 228 valence electrons. The van der Waals surface area contributed by atoms with Crippen LogP contribution in [-0.4, -0.2) is 73.5 Å². The highest BCUT2D eigenvalue weighted by Gasteiger charge is 2.29. The van der Waals surface area contributed by atoms with Gasteiger partial charge in [-0.2, -0.15) is 0 Å². The number of carbonyl (C=O) groups excluding carboxylic acids is 2. The average Bonchev–Trinajstić information content (AvgIpc) is 3.81. The molecular weight excluding hydrogens is 568 g/mol. The van der Waals surface area contributed by atoms with E-state index >= 15 is 0 Å². The summed E-state index contributed by atoms with van der Waals surface area (Å²) in [5.41, 5.74) is 10.3. The minimum absolute atomic E-state index is 0.0159. The minimum Gasteiger partial charge on any atom is -0.478 e. The molecule has 1 aliphatic heterocycles. The Labute approximate surface area is 252 Å². The summed E-state index contributed by atoms with van der Waals surface area (Å²) in [6, 6.07) is 17.6. The van der Waals surface area contributed by atoms with Gasteiger partial charge in [0.25, 0.3) is 0 Å². The van der Waals surface area contributed by atoms with Crippen molar-refractivity contribution in [2.24, 2.45) is 5.92 Å². The average molecular weight is 607 g/mol. The number of nitrogens with two attached hydrogens (primary N) is 1. The number of carbonyl (C=O) groups is 3. The summed E-state index contributed by atoms with van der Waals surface area (Å²) in [7, 11) is -3.70. The molecule has 0 atom stereocenters. The van der Waals surface area contributed by atoms with Gasteiger partial charge in [-0.25, -0.2) is 13.2 Å². The lowest BCUT2D eigenvalue weighted by Gasteiger charge is -2.34. The maximum atomic E-state index is 12.0. The van der Waals surface area contributed by atoms with Crippen LogP contribution in [0.3, 0.4) is 0 Å². The lowest BCUT2D eigenvalue weighted by atomic mass is 9.98. The van der Waals surface area contributed by atoms with Crippen molar-refractivity contribution in [3.8, 4) is 11.1 Å². The molecule has 4 N–H and O–H groups in total. The predicted octanol–water partition coefficient (Wildman–Crippen LogP) is 4.05. The van der Waals surface area contributed by atoms with Crippen molar-refractivity contribution in [2.75, 3.05) is 43.5 Å². The van der Waals surface area contributed by atoms with E-state index < -0.39 is 15.8 Å². The number of nitrogens with zero attached hydrogens (tertiary/aromatic N) is 2. The molecule has 0 aromatic heterocycles. The largest absolute Gasteiger partial charge is 0.478 e. The molecule has 2 aliphatic rings. The van der Waals surface area contributed by atoms with Crippen LogP contribution in [0, 0.1) is 12.8 Å². The van der Waals surface area contributed by atoms with E-state index in [-0.39, 0.29) is 28.2 Å². The highest BCUT2D eigenvalue weighted by molar-refractivity contribution is 7.90. The van der Waals surface area contributed by atoms with Gasteiger partial charge in [0.05, 0.1) is 10.5 Å². The molecule has 1 saturated heterocycles. The van der Waals surface area contributed by atoms with Crippen molar-refractivity contribution < 1.29 is 27.9 Å². The van der Waals surface area contributed by atoms with Crippen molar-refractivity contribution in [3.63, 3.8) is 0 Å². The number of anilines is 2. The zero-order chi connectivity index (χ0) is 31.3. The standard InChI is InChI=1S/C19H19NO5S.C13H19N3O/c1-11-3-7-14(20-18(21)12-4-5-12)10-16(11)13-6-8-15(19(22)23)17(9-13)26(2,24)25;1-11(17)16-8-6-15(7-9-16)10-12-2-4-13(14)5-3-12/h3,6-10,12H,4-5H2,1-2H3,(H,20,21)(H,22,23);2-5H,6-10,14H2,1H3. The fraction of sp³-hybridized carbons (Fsp3) is 0.344. The third kappa shape index (κ3) is 8.65. The Bertz CT molecular complexity index is 1610. The van der Waals surface area contributed by atoms with Crippen LogP contribution in [0.15, 0.2) is 65.6 Å². The summed E-state index contributed by atoms with van der Waals surface area (Å²) in [4.78, 5) is 38.5. The molecule has 0 radical (unpaired) electrons. The van der Waals surface area contributed by atoms with Gasteiger partial charge in [-0.1, -0.05) is 24.3 Å². The SMILES string of the molecule is CC(=O)N1CCN(Cc2ccc(N)cc2)CC1.Cc1ccc(NC(=O)C2CC2)cc1-c1ccc(C(=O)O)c(S(C)(=O)=O)c1. The van der Waals surface area contributed by atoms with E-state index in [4.69, 9.17) is 5.73 Å². The Morgan fingerprint density at radius 3 is 2.16 bits per heavy atom. The van der Waals surface area contributed by atoms with E-state index in [1.165, 1.54) is 17.7 Å². The van der Waals surface area contributed by atoms with E-state index in [1.807, 2.05) is 30.0 Å². The Morgan fingerprint density at radius 1 is 0.953 bits per heavy atom. The molecule has 0 spiro atoms. The maximum Gasteiger partial charge on any atom is 0.337 e. The first kappa shape index (κ1) is 31.7. The Balaban J connectivity index is 0.000000215. The number of aromatic carboxylic acids is 1. The molecule has 10 nitrogen and oxygen atoms in total. The molecule has 0 bridgehead atoms. The molecular formula is C32H38N4O6S. The molecule has 1 aliphatic carbocycles. The van der Waals surface area contributed by atoms with Gasteiger partial charge in [-0.15, -0.1) is 0 Å². The van der Waals surface area contributed by atoms with Crippen LogP contribution in [0.2, 0.25) is 0 Å². The van der Waals surface area contributed by atoms with Gasteiger partial charge in [0.15, 0.2) is 9.84 Å². The van der Waals surface area contributed by atoms with Crippen LogP contribution in [0.1, 0.15) is 41.3 Å². The third-order valence-corrected chi connectivity index (χ3v) is 8.72. The van der Waals surface area contributed by atoms with Crippen molar-refractivity contribution in [2.45, 2.75) is 38.1 Å². The lowest BCUT2D eigenvalue weighted by Crippen LogP contribution is -2.47. The van der Waals surface area contributed by atoms with Crippen LogP contribution in [0.4, 0.5) is 11.4 Å². The molecule has 3 aromatic carbocycles. The van der Waals surface area contributed by atoms with E-state index in [2.05, 4.69) is 22.3 Å². The fourth-order valence-electron chi connectivity index (χ4n) is 4.88. The van der Waals surface area contributed by atoms with Gasteiger partial charge in [0.2, 0.25) is 11.8 Å². The highest BCUT2D eigenvalue weighted by atomic mass is 32.2. The topological polar surface area (TPSA) is 150 Å². The smallest absolute Gasteiger partial charge is 0.337 e. The van der Waals surface area contributed by atoms with Crippen molar-refractivity contribution in [1.82, 2.24) is 9.80 Å². The molecule has 1 heterocycles. The van der Waals surface area contributed by atoms with Crippen molar-refractivity contribution in [1.29, 1.82) is 0 Å². The minimum atomic E-state index is -3.70. The number of carboxylic acids is 1. The van der Waals surface area contributed by atoms with Crippen molar-refractivity contribution >= 4 is 39.0 Å². The zero-order valence-electron chi connectivity index (χ0n) is 24.7. The van der Waals surface area contributed by atoms with Crippen molar-refractivity contribution in [3.05, 3.63) is 77.4 Å². The van der Waals surface area contributed by atoms with Crippen LogP contribution < -0.4 is 11.1 Å². The van der Waals surface area contributed by atoms with Gasteiger partial charge in [-0.3, -0.25) is 14.5 Å². The lowest BCUT2D eigenvalue weighted by molar-refractivity contribution is -0.130. The summed E-state index contributed by atoms with van der Waals surface area (Å²) >= 11 is 0. The van der Waals surface area contributed by atoms with Gasteiger partial charge in [0.1, 0.15) is 0 Å². The third-order valence-electron chi connectivity index (χ3n) is 7.58. The second kappa shape index (κ2) is 13.4. The first-order valence-corrected chi connectivity index (χ1v) is 16.0. The van der Waals surface area contributed by atoms with E-state index in [0.29, 0.717) is 11.3 Å². The van der Waals surface area contributed by atoms with Gasteiger partial charge in [0, 0.05) is 63.2 Å². The predicted molar refractivity (Wildman–Crippen MR) is 166 cm³/mol. The Morgan fingerprint density at radius 2 is 1.60 bits per heavy atom. The van der Waals surface area contributed by atoms with E-state index in [1.54, 1.807) is 25.1 Å². The Kier molecular flexibility index (Phi) is 9.87. The number of carboxylic acid groups (broad SMARTS) is 1. The number of amides is 2. The number of nitrogen functional groups attached to an aromatic ring is 1. The summed E-state index contributed by atoms with van der Waals surface area (Å²) in [5, 5.41) is 12.1. The molecule has 1 saturated carbocycles. The first-order valence-electron chi connectivity index (χ1n) is 14.1. The fourth-order valence-corrected chi connectivity index (χ4v) is 5.77. The summed E-state index contributed by atoms with van der Waals surface area (Å²) in [6.07, 6.45) is 2.79. The number of hydrogen-bond acceptors (Lipinski definition) is 7. The maximum absolute atomic E-state index is 12.0. The van der Waals surface area contributed by atoms with Crippen LogP contribution in [0.25, 0.3) is 11.1 Å². The zero-order valence-corrected chi connectivity index (χ0v) is 25.5. The van der Waals surface area contributed by atoms with Crippen LogP contribution in [-0.2, 0) is 26.0 Å². The van der Waals surface area contributed by atoms with Crippen LogP contribution in [0.5, 0.6) is 0 Å². The summed E-state index contributed by atoms with van der Waals surface area (Å²) < 4.78 is 24.0. The number of sulfone groups is 1. The van der Waals surface area contributed by atoms with E-state index in [0.717, 1.165) is 68.6 Å². The number of nitrogens with one attached hydrogen (secondary N) is 1. The molecule has 43 heavy (non-hydrogen) atoms.